The number of hydrogen-bond donors (Lipinski definition) is 2. The zero-order valence-corrected chi connectivity index (χ0v) is 13.5. The number of halogens is 2. The molecule has 20 heavy (non-hydrogen) atoms. The van der Waals surface area contributed by atoms with Crippen molar-refractivity contribution in [2.45, 2.75) is 18.9 Å². The Bertz CT molecular complexity index is 586. The number of nitrogens with two attached hydrogens (primary N) is 1. The van der Waals surface area contributed by atoms with Gasteiger partial charge in [-0.25, -0.2) is 0 Å². The molecule has 3 N–H and O–H groups in total. The van der Waals surface area contributed by atoms with Crippen LogP contribution in [0.1, 0.15) is 28.7 Å². The van der Waals surface area contributed by atoms with Crippen LogP contribution in [0.4, 0.5) is 0 Å². The van der Waals surface area contributed by atoms with E-state index in [0.29, 0.717) is 11.6 Å². The topological polar surface area (TPSA) is 46.2 Å². The second-order valence-corrected chi connectivity index (χ2v) is 6.05. The number of aryl methyl sites for hydroxylation is 1. The molecule has 0 aliphatic carbocycles. The second-order valence-electron chi connectivity index (χ2n) is 4.82. The van der Waals surface area contributed by atoms with Crippen LogP contribution < -0.4 is 5.73 Å². The summed E-state index contributed by atoms with van der Waals surface area (Å²) in [5.41, 5.74) is 8.79. The van der Waals surface area contributed by atoms with E-state index in [1.165, 1.54) is 0 Å². The molecular weight excluding hydrogens is 338 g/mol. The van der Waals surface area contributed by atoms with Gasteiger partial charge < -0.3 is 10.8 Å². The smallest absolute Gasteiger partial charge is 0.0881 e. The average Bonchev–Trinajstić information content (AvgIpc) is 2.44. The van der Waals surface area contributed by atoms with Crippen LogP contribution in [-0.4, -0.2) is 11.7 Å². The minimum atomic E-state index is -0.657. The van der Waals surface area contributed by atoms with Gasteiger partial charge in [0.25, 0.3) is 0 Å². The van der Waals surface area contributed by atoms with Crippen molar-refractivity contribution in [1.82, 2.24) is 0 Å². The first-order chi connectivity index (χ1) is 9.54. The summed E-state index contributed by atoms with van der Waals surface area (Å²) < 4.78 is 0.930. The molecule has 0 saturated carbocycles. The van der Waals surface area contributed by atoms with E-state index in [0.717, 1.165) is 21.2 Å². The molecular formula is C16H17BrClNO. The van der Waals surface area contributed by atoms with Crippen LogP contribution in [0.3, 0.4) is 0 Å². The molecule has 106 valence electrons. The van der Waals surface area contributed by atoms with Gasteiger partial charge in [0.1, 0.15) is 0 Å². The SMILES string of the molecule is Cc1cccc(C(O)C(CN)c2ccc(Cl)cc2)c1Br. The van der Waals surface area contributed by atoms with Crippen LogP contribution in [0.5, 0.6) is 0 Å². The molecule has 0 fully saturated rings. The maximum Gasteiger partial charge on any atom is 0.0881 e. The third kappa shape index (κ3) is 3.23. The van der Waals surface area contributed by atoms with Gasteiger partial charge in [-0.1, -0.05) is 57.9 Å². The quantitative estimate of drug-likeness (QED) is 0.865. The van der Waals surface area contributed by atoms with Gasteiger partial charge in [0.2, 0.25) is 0 Å². The van der Waals surface area contributed by atoms with Crippen molar-refractivity contribution >= 4 is 27.5 Å². The first-order valence-corrected chi connectivity index (χ1v) is 7.60. The molecule has 0 saturated heterocycles. The zero-order valence-electron chi connectivity index (χ0n) is 11.2. The summed E-state index contributed by atoms with van der Waals surface area (Å²) in [6, 6.07) is 13.3. The van der Waals surface area contributed by atoms with E-state index in [1.54, 1.807) is 0 Å². The van der Waals surface area contributed by atoms with Gasteiger partial charge in [-0.3, -0.25) is 0 Å². The fourth-order valence-electron chi connectivity index (χ4n) is 2.27. The summed E-state index contributed by atoms with van der Waals surface area (Å²) in [4.78, 5) is 0. The van der Waals surface area contributed by atoms with E-state index >= 15 is 0 Å². The predicted molar refractivity (Wildman–Crippen MR) is 87.1 cm³/mol. The number of rotatable bonds is 4. The van der Waals surface area contributed by atoms with Crippen LogP contribution in [0.25, 0.3) is 0 Å². The number of benzene rings is 2. The maximum atomic E-state index is 10.7. The predicted octanol–water partition coefficient (Wildman–Crippen LogP) is 4.19. The van der Waals surface area contributed by atoms with E-state index in [4.69, 9.17) is 17.3 Å². The van der Waals surface area contributed by atoms with E-state index in [-0.39, 0.29) is 5.92 Å². The zero-order chi connectivity index (χ0) is 14.7. The van der Waals surface area contributed by atoms with Gasteiger partial charge in [0.05, 0.1) is 6.10 Å². The fourth-order valence-corrected chi connectivity index (χ4v) is 2.90. The Hall–Kier alpha value is -0.870. The van der Waals surface area contributed by atoms with Crippen LogP contribution in [-0.2, 0) is 0 Å². The van der Waals surface area contributed by atoms with Crippen molar-refractivity contribution < 1.29 is 5.11 Å². The molecule has 0 heterocycles. The largest absolute Gasteiger partial charge is 0.388 e. The molecule has 0 aliphatic rings. The highest BCUT2D eigenvalue weighted by Crippen LogP contribution is 2.35. The van der Waals surface area contributed by atoms with E-state index in [2.05, 4.69) is 15.9 Å². The molecule has 0 bridgehead atoms. The second kappa shape index (κ2) is 6.72. The Morgan fingerprint density at radius 2 is 1.85 bits per heavy atom. The highest BCUT2D eigenvalue weighted by molar-refractivity contribution is 9.10. The summed E-state index contributed by atoms with van der Waals surface area (Å²) in [6.45, 7) is 2.36. The Morgan fingerprint density at radius 3 is 2.45 bits per heavy atom. The van der Waals surface area contributed by atoms with Crippen LogP contribution in [0.15, 0.2) is 46.9 Å². The monoisotopic (exact) mass is 353 g/mol. The molecule has 2 nitrogen and oxygen atoms in total. The van der Waals surface area contributed by atoms with Crippen LogP contribution in [0, 0.1) is 6.92 Å². The molecule has 0 spiro atoms. The van der Waals surface area contributed by atoms with Gasteiger partial charge in [0.15, 0.2) is 0 Å². The van der Waals surface area contributed by atoms with E-state index < -0.39 is 6.10 Å². The lowest BCUT2D eigenvalue weighted by atomic mass is 9.89. The van der Waals surface area contributed by atoms with Crippen molar-refractivity contribution in [2.24, 2.45) is 5.73 Å². The van der Waals surface area contributed by atoms with Crippen LogP contribution >= 0.6 is 27.5 Å². The minimum Gasteiger partial charge on any atom is -0.388 e. The van der Waals surface area contributed by atoms with Gasteiger partial charge in [-0.05, 0) is 35.7 Å². The van der Waals surface area contributed by atoms with E-state index in [1.807, 2.05) is 49.4 Å². The van der Waals surface area contributed by atoms with Gasteiger partial charge in [-0.2, -0.15) is 0 Å². The molecule has 2 unspecified atom stereocenters. The lowest BCUT2D eigenvalue weighted by molar-refractivity contribution is 0.146. The molecule has 0 aliphatic heterocycles. The Balaban J connectivity index is 2.36. The highest BCUT2D eigenvalue weighted by Gasteiger charge is 2.23. The number of aliphatic hydroxyl groups excluding tert-OH is 1. The molecule has 0 amide bonds. The standard InChI is InChI=1S/C16H17BrClNO/c1-10-3-2-4-13(15(10)17)16(20)14(9-19)11-5-7-12(18)8-6-11/h2-8,14,16,20H,9,19H2,1H3. The highest BCUT2D eigenvalue weighted by atomic mass is 79.9. The maximum absolute atomic E-state index is 10.7. The van der Waals surface area contributed by atoms with Crippen molar-refractivity contribution in [3.63, 3.8) is 0 Å². The summed E-state index contributed by atoms with van der Waals surface area (Å²) >= 11 is 9.44. The first-order valence-electron chi connectivity index (χ1n) is 6.43. The summed E-state index contributed by atoms with van der Waals surface area (Å²) in [5.74, 6) is -0.162. The summed E-state index contributed by atoms with van der Waals surface area (Å²) in [5, 5.41) is 11.3. The third-order valence-corrected chi connectivity index (χ3v) is 4.81. The average molecular weight is 355 g/mol. The van der Waals surface area contributed by atoms with Crippen LogP contribution in [0.2, 0.25) is 5.02 Å². The first kappa shape index (κ1) is 15.5. The lowest BCUT2D eigenvalue weighted by Crippen LogP contribution is -2.20. The van der Waals surface area contributed by atoms with E-state index in [9.17, 15) is 5.11 Å². The Morgan fingerprint density at radius 1 is 1.20 bits per heavy atom. The molecule has 0 aromatic heterocycles. The molecule has 4 heteroatoms. The summed E-state index contributed by atoms with van der Waals surface area (Å²) in [6.07, 6.45) is -0.657. The van der Waals surface area contributed by atoms with Gasteiger partial charge in [0, 0.05) is 22.0 Å². The molecule has 2 aromatic carbocycles. The van der Waals surface area contributed by atoms with Crippen molar-refractivity contribution in [3.8, 4) is 0 Å². The number of aliphatic hydroxyl groups is 1. The lowest BCUT2D eigenvalue weighted by Gasteiger charge is -2.24. The Labute approximate surface area is 132 Å². The van der Waals surface area contributed by atoms with Crippen molar-refractivity contribution in [3.05, 3.63) is 68.7 Å². The summed E-state index contributed by atoms with van der Waals surface area (Å²) in [7, 11) is 0. The molecule has 2 aromatic rings. The number of hydrogen-bond acceptors (Lipinski definition) is 2. The van der Waals surface area contributed by atoms with Gasteiger partial charge in [-0.15, -0.1) is 0 Å². The third-order valence-electron chi connectivity index (χ3n) is 3.47. The van der Waals surface area contributed by atoms with Gasteiger partial charge >= 0.3 is 0 Å². The van der Waals surface area contributed by atoms with Crippen molar-refractivity contribution in [2.75, 3.05) is 6.54 Å². The molecule has 2 rings (SSSR count). The molecule has 2 atom stereocenters. The normalized spacial score (nSPS) is 14.1. The fraction of sp³-hybridized carbons (Fsp3) is 0.250. The Kier molecular flexibility index (Phi) is 5.22. The molecule has 0 radical (unpaired) electrons. The van der Waals surface area contributed by atoms with Crippen molar-refractivity contribution in [1.29, 1.82) is 0 Å². The minimum absolute atomic E-state index is 0.162.